The van der Waals surface area contributed by atoms with Crippen LogP contribution >= 0.6 is 0 Å². The standard InChI is InChI=1S/C28H37NO11/c1-5-10-29-11-6-7-18-12-19-17(13-20(18)29)8-9-21(33)22(19)39-28-26(38-16(4)32)24(37-15(3)31)23(36-14(2)30)25(40-28)27(34)35/h8-9,18,20,23-26,28,33H,5-7,10-13H2,1-4H3,(H,34,35)/t18-,20-,23+,24+,25+,26-,28-/m1/s1. The van der Waals surface area contributed by atoms with Crippen LogP contribution in [0.15, 0.2) is 12.1 Å². The van der Waals surface area contributed by atoms with Crippen LogP contribution in [0.5, 0.6) is 11.5 Å². The summed E-state index contributed by atoms with van der Waals surface area (Å²) in [6, 6.07) is 3.73. The maximum Gasteiger partial charge on any atom is 0.337 e. The SMILES string of the molecule is CCCN1CCC[C@@H]2Cc3c(ccc(O)c3O[C@@H]3O[C@H](C(=O)O)[C@@H](OC(C)=O)[C@H](OC(C)=O)[C@H]3OC(C)=O)C[C@H]21. The molecular formula is C28H37NO11. The molecule has 1 aromatic carbocycles. The third-order valence-corrected chi connectivity index (χ3v) is 7.65. The van der Waals surface area contributed by atoms with Gasteiger partial charge >= 0.3 is 23.9 Å². The zero-order valence-corrected chi connectivity index (χ0v) is 23.2. The quantitative estimate of drug-likeness (QED) is 0.350. The molecule has 1 aromatic rings. The number of carbonyl (C=O) groups is 4. The van der Waals surface area contributed by atoms with E-state index < -0.39 is 54.6 Å². The Kier molecular flexibility index (Phi) is 9.19. The van der Waals surface area contributed by atoms with E-state index in [4.69, 9.17) is 23.7 Å². The predicted molar refractivity (Wildman–Crippen MR) is 137 cm³/mol. The minimum absolute atomic E-state index is 0.0855. The van der Waals surface area contributed by atoms with Crippen molar-refractivity contribution in [3.63, 3.8) is 0 Å². The lowest BCUT2D eigenvalue weighted by Gasteiger charge is -2.45. The first kappa shape index (κ1) is 29.6. The number of rotatable bonds is 8. The Bertz CT molecular complexity index is 1140. The van der Waals surface area contributed by atoms with E-state index >= 15 is 0 Å². The molecule has 4 rings (SSSR count). The number of fused-ring (bicyclic) bond motifs is 2. The minimum atomic E-state index is -1.82. The Morgan fingerprint density at radius 1 is 0.975 bits per heavy atom. The average Bonchev–Trinajstić information content (AvgIpc) is 2.87. The van der Waals surface area contributed by atoms with Gasteiger partial charge in [0.15, 0.2) is 29.8 Å². The Morgan fingerprint density at radius 3 is 2.25 bits per heavy atom. The third kappa shape index (κ3) is 6.33. The highest BCUT2D eigenvalue weighted by Gasteiger charge is 2.56. The van der Waals surface area contributed by atoms with E-state index in [1.54, 1.807) is 0 Å². The molecule has 40 heavy (non-hydrogen) atoms. The molecule has 2 saturated heterocycles. The van der Waals surface area contributed by atoms with Gasteiger partial charge in [-0.1, -0.05) is 13.0 Å². The summed E-state index contributed by atoms with van der Waals surface area (Å²) in [6.07, 6.45) is -3.61. The molecule has 2 fully saturated rings. The number of ether oxygens (including phenoxy) is 5. The number of hydrogen-bond donors (Lipinski definition) is 2. The van der Waals surface area contributed by atoms with Crippen LogP contribution in [-0.4, -0.2) is 88.8 Å². The molecule has 7 atom stereocenters. The molecule has 0 aromatic heterocycles. The molecule has 12 nitrogen and oxygen atoms in total. The fraction of sp³-hybridized carbons (Fsp3) is 0.643. The number of aliphatic carboxylic acids is 1. The molecule has 0 amide bonds. The fourth-order valence-corrected chi connectivity index (χ4v) is 6.19. The van der Waals surface area contributed by atoms with Crippen molar-refractivity contribution in [1.82, 2.24) is 4.90 Å². The number of aromatic hydroxyl groups is 1. The van der Waals surface area contributed by atoms with Crippen LogP contribution in [0.1, 0.15) is 58.1 Å². The summed E-state index contributed by atoms with van der Waals surface area (Å²) in [5.74, 6) is -3.77. The second-order valence-corrected chi connectivity index (χ2v) is 10.6. The van der Waals surface area contributed by atoms with E-state index in [2.05, 4.69) is 11.8 Å². The first-order chi connectivity index (χ1) is 19.0. The van der Waals surface area contributed by atoms with Gasteiger partial charge in [0.2, 0.25) is 12.4 Å². The number of carboxylic acids is 1. The summed E-state index contributed by atoms with van der Waals surface area (Å²) in [7, 11) is 0. The van der Waals surface area contributed by atoms with E-state index in [9.17, 15) is 29.4 Å². The summed E-state index contributed by atoms with van der Waals surface area (Å²) >= 11 is 0. The normalized spacial score (nSPS) is 29.9. The molecular weight excluding hydrogens is 526 g/mol. The third-order valence-electron chi connectivity index (χ3n) is 7.65. The van der Waals surface area contributed by atoms with Gasteiger partial charge in [0.05, 0.1) is 0 Å². The number of piperidine rings is 1. The molecule has 0 spiro atoms. The van der Waals surface area contributed by atoms with Gasteiger partial charge in [-0.25, -0.2) is 4.79 Å². The largest absolute Gasteiger partial charge is 0.504 e. The second-order valence-electron chi connectivity index (χ2n) is 10.6. The van der Waals surface area contributed by atoms with Crippen LogP contribution in [0.2, 0.25) is 0 Å². The number of carbonyl (C=O) groups excluding carboxylic acids is 3. The van der Waals surface area contributed by atoms with Crippen molar-refractivity contribution in [2.24, 2.45) is 5.92 Å². The molecule has 1 aliphatic carbocycles. The number of carboxylic acid groups (broad SMARTS) is 1. The lowest BCUT2D eigenvalue weighted by Crippen LogP contribution is -2.64. The Hall–Kier alpha value is -3.38. The van der Waals surface area contributed by atoms with Crippen molar-refractivity contribution < 1.29 is 53.1 Å². The first-order valence-corrected chi connectivity index (χ1v) is 13.6. The fourth-order valence-electron chi connectivity index (χ4n) is 6.19. The van der Waals surface area contributed by atoms with Gasteiger partial charge in [-0.15, -0.1) is 0 Å². The van der Waals surface area contributed by atoms with Crippen LogP contribution < -0.4 is 4.74 Å². The van der Waals surface area contributed by atoms with Crippen molar-refractivity contribution >= 4 is 23.9 Å². The molecule has 2 aliphatic heterocycles. The lowest BCUT2D eigenvalue weighted by atomic mass is 9.75. The molecule has 0 unspecified atom stereocenters. The summed E-state index contributed by atoms with van der Waals surface area (Å²) in [6.45, 7) is 7.46. The summed E-state index contributed by atoms with van der Waals surface area (Å²) in [4.78, 5) is 50.6. The lowest BCUT2D eigenvalue weighted by molar-refractivity contribution is -0.282. The molecule has 2 N–H and O–H groups in total. The Labute approximate surface area is 232 Å². The summed E-state index contributed by atoms with van der Waals surface area (Å²) in [5.41, 5.74) is 1.75. The molecule has 12 heteroatoms. The molecule has 0 saturated carbocycles. The van der Waals surface area contributed by atoms with Gasteiger partial charge in [0.1, 0.15) is 0 Å². The van der Waals surface area contributed by atoms with E-state index in [-0.39, 0.29) is 11.5 Å². The predicted octanol–water partition coefficient (Wildman–Crippen LogP) is 1.96. The monoisotopic (exact) mass is 563 g/mol. The van der Waals surface area contributed by atoms with Gasteiger partial charge in [-0.05, 0) is 62.7 Å². The van der Waals surface area contributed by atoms with E-state index in [0.29, 0.717) is 18.4 Å². The molecule has 0 radical (unpaired) electrons. The highest BCUT2D eigenvalue weighted by molar-refractivity contribution is 5.75. The smallest absolute Gasteiger partial charge is 0.337 e. The average molecular weight is 564 g/mol. The highest BCUT2D eigenvalue weighted by atomic mass is 16.7. The Balaban J connectivity index is 1.72. The van der Waals surface area contributed by atoms with Crippen LogP contribution in [0.4, 0.5) is 0 Å². The van der Waals surface area contributed by atoms with Gasteiger partial charge < -0.3 is 33.9 Å². The number of nitrogens with zero attached hydrogens (tertiary/aromatic N) is 1. The van der Waals surface area contributed by atoms with Crippen molar-refractivity contribution in [3.8, 4) is 11.5 Å². The molecule has 0 bridgehead atoms. The minimum Gasteiger partial charge on any atom is -0.504 e. The van der Waals surface area contributed by atoms with Crippen molar-refractivity contribution in [2.45, 2.75) is 96.5 Å². The number of phenols is 1. The van der Waals surface area contributed by atoms with E-state index in [1.165, 1.54) is 6.07 Å². The van der Waals surface area contributed by atoms with E-state index in [0.717, 1.165) is 70.7 Å². The van der Waals surface area contributed by atoms with Crippen LogP contribution in [0.25, 0.3) is 0 Å². The van der Waals surface area contributed by atoms with Gasteiger partial charge in [0.25, 0.3) is 0 Å². The van der Waals surface area contributed by atoms with Crippen LogP contribution in [0.3, 0.4) is 0 Å². The van der Waals surface area contributed by atoms with Crippen molar-refractivity contribution in [3.05, 3.63) is 23.3 Å². The number of phenolic OH excluding ortho intramolecular Hbond substituents is 1. The van der Waals surface area contributed by atoms with Gasteiger partial charge in [-0.3, -0.25) is 19.3 Å². The number of esters is 3. The first-order valence-electron chi connectivity index (χ1n) is 13.6. The topological polar surface area (TPSA) is 158 Å². The Morgan fingerprint density at radius 2 is 1.62 bits per heavy atom. The van der Waals surface area contributed by atoms with Gasteiger partial charge in [0, 0.05) is 32.4 Å². The zero-order chi connectivity index (χ0) is 29.1. The number of likely N-dealkylation sites (tertiary alicyclic amines) is 1. The highest BCUT2D eigenvalue weighted by Crippen LogP contribution is 2.44. The van der Waals surface area contributed by atoms with Crippen molar-refractivity contribution in [2.75, 3.05) is 13.1 Å². The van der Waals surface area contributed by atoms with Gasteiger partial charge in [-0.2, -0.15) is 0 Å². The van der Waals surface area contributed by atoms with E-state index in [1.807, 2.05) is 6.07 Å². The number of hydrogen-bond acceptors (Lipinski definition) is 11. The molecule has 3 aliphatic rings. The molecule has 2 heterocycles. The summed E-state index contributed by atoms with van der Waals surface area (Å²) in [5, 5.41) is 20.8. The maximum atomic E-state index is 12.2. The van der Waals surface area contributed by atoms with Crippen LogP contribution in [0, 0.1) is 5.92 Å². The second kappa shape index (κ2) is 12.4. The molecule has 220 valence electrons. The zero-order valence-electron chi connectivity index (χ0n) is 23.2. The summed E-state index contributed by atoms with van der Waals surface area (Å²) < 4.78 is 27.7. The van der Waals surface area contributed by atoms with Crippen LogP contribution in [-0.2, 0) is 51.0 Å². The van der Waals surface area contributed by atoms with Crippen molar-refractivity contribution in [1.29, 1.82) is 0 Å². The maximum absolute atomic E-state index is 12.2. The number of benzene rings is 1.